The summed E-state index contributed by atoms with van der Waals surface area (Å²) in [5.74, 6) is -5.67. The first-order valence-electron chi connectivity index (χ1n) is 14.2. The van der Waals surface area contributed by atoms with Gasteiger partial charge in [-0.15, -0.1) is 0 Å². The van der Waals surface area contributed by atoms with Gasteiger partial charge in [-0.1, -0.05) is 39.0 Å². The first kappa shape index (κ1) is 30.3. The van der Waals surface area contributed by atoms with Crippen molar-refractivity contribution >= 4 is 23.7 Å². The average Bonchev–Trinajstić information content (AvgIpc) is 2.90. The number of fused-ring (bicyclic) bond motifs is 5. The van der Waals surface area contributed by atoms with Crippen LogP contribution in [0, 0.1) is 22.7 Å². The van der Waals surface area contributed by atoms with Gasteiger partial charge in [0, 0.05) is 38.0 Å². The molecule has 1 heterocycles. The number of carbonyl (C=O) groups excluding carboxylic acids is 4. The number of esters is 3. The molecule has 1 aromatic carbocycles. The second-order valence-electron chi connectivity index (χ2n) is 12.8. The number of ketones is 1. The van der Waals surface area contributed by atoms with Crippen LogP contribution in [-0.2, 0) is 33.3 Å². The molecular formula is C31H38O11. The van der Waals surface area contributed by atoms with E-state index in [1.54, 1.807) is 39.0 Å². The van der Waals surface area contributed by atoms with Crippen molar-refractivity contribution in [2.24, 2.45) is 22.7 Å². The van der Waals surface area contributed by atoms with E-state index >= 15 is 0 Å². The Morgan fingerprint density at radius 3 is 2.21 bits per heavy atom. The van der Waals surface area contributed by atoms with Crippen LogP contribution in [0.4, 0.5) is 0 Å². The normalized spacial score (nSPS) is 40.4. The lowest BCUT2D eigenvalue weighted by Gasteiger charge is -2.67. The van der Waals surface area contributed by atoms with Gasteiger partial charge in [0.2, 0.25) is 5.78 Å². The number of allylic oxidation sites excluding steroid dienone is 1. The molecule has 0 aromatic heterocycles. The van der Waals surface area contributed by atoms with Gasteiger partial charge in [-0.2, -0.15) is 0 Å². The molecule has 1 saturated heterocycles. The van der Waals surface area contributed by atoms with Crippen molar-refractivity contribution in [3.8, 4) is 0 Å². The van der Waals surface area contributed by atoms with E-state index in [1.807, 2.05) is 0 Å². The van der Waals surface area contributed by atoms with Crippen molar-refractivity contribution in [2.75, 3.05) is 6.61 Å². The van der Waals surface area contributed by atoms with E-state index in [1.165, 1.54) is 26.0 Å². The molecule has 1 aromatic rings. The summed E-state index contributed by atoms with van der Waals surface area (Å²) >= 11 is 0. The first-order valence-corrected chi connectivity index (χ1v) is 14.2. The molecule has 228 valence electrons. The van der Waals surface area contributed by atoms with Crippen LogP contribution in [0.2, 0.25) is 0 Å². The molecule has 11 heteroatoms. The summed E-state index contributed by atoms with van der Waals surface area (Å²) in [6.07, 6.45) is -5.61. The Morgan fingerprint density at radius 2 is 1.67 bits per heavy atom. The molecule has 2 bridgehead atoms. The smallest absolute Gasteiger partial charge is 0.338 e. The van der Waals surface area contributed by atoms with Gasteiger partial charge in [0.05, 0.1) is 35.7 Å². The van der Waals surface area contributed by atoms with Crippen LogP contribution in [0.3, 0.4) is 0 Å². The van der Waals surface area contributed by atoms with Crippen LogP contribution in [-0.4, -0.2) is 81.2 Å². The number of Topliss-reactive ketones (excluding diaryl/α,β-unsaturated/α-hetero) is 1. The van der Waals surface area contributed by atoms with Crippen LogP contribution in [0.5, 0.6) is 0 Å². The summed E-state index contributed by atoms with van der Waals surface area (Å²) < 4.78 is 23.4. The number of ether oxygens (including phenoxy) is 4. The fourth-order valence-electron chi connectivity index (χ4n) is 7.89. The van der Waals surface area contributed by atoms with Crippen LogP contribution >= 0.6 is 0 Å². The summed E-state index contributed by atoms with van der Waals surface area (Å²) in [4.78, 5) is 53.4. The highest BCUT2D eigenvalue weighted by Gasteiger charge is 2.77. The highest BCUT2D eigenvalue weighted by Crippen LogP contribution is 2.64. The van der Waals surface area contributed by atoms with Crippen LogP contribution in [0.1, 0.15) is 64.7 Å². The molecular weight excluding hydrogens is 548 g/mol. The van der Waals surface area contributed by atoms with Gasteiger partial charge in [-0.3, -0.25) is 14.4 Å². The third-order valence-corrected chi connectivity index (χ3v) is 10.2. The van der Waals surface area contributed by atoms with Crippen LogP contribution in [0.25, 0.3) is 0 Å². The fraction of sp³-hybridized carbons (Fsp3) is 0.613. The summed E-state index contributed by atoms with van der Waals surface area (Å²) in [5.41, 5.74) is -6.73. The van der Waals surface area contributed by atoms with Gasteiger partial charge in [0.15, 0.2) is 11.4 Å². The van der Waals surface area contributed by atoms with Crippen molar-refractivity contribution in [3.63, 3.8) is 0 Å². The molecule has 5 rings (SSSR count). The number of aliphatic hydroxyl groups is 3. The molecule has 42 heavy (non-hydrogen) atoms. The molecule has 0 amide bonds. The predicted octanol–water partition coefficient (Wildman–Crippen LogP) is 1.86. The summed E-state index contributed by atoms with van der Waals surface area (Å²) in [7, 11) is 0. The average molecular weight is 587 g/mol. The van der Waals surface area contributed by atoms with E-state index in [0.29, 0.717) is 0 Å². The number of rotatable bonds is 4. The van der Waals surface area contributed by atoms with Gasteiger partial charge in [-0.25, -0.2) is 4.79 Å². The minimum atomic E-state index is -2.11. The van der Waals surface area contributed by atoms with Gasteiger partial charge >= 0.3 is 17.9 Å². The van der Waals surface area contributed by atoms with Crippen molar-refractivity contribution in [2.45, 2.75) is 90.0 Å². The number of carbonyl (C=O) groups is 4. The Kier molecular flexibility index (Phi) is 7.20. The monoisotopic (exact) mass is 586 g/mol. The van der Waals surface area contributed by atoms with Gasteiger partial charge in [-0.05, 0) is 24.6 Å². The number of hydrogen-bond donors (Lipinski definition) is 3. The van der Waals surface area contributed by atoms with E-state index < -0.39 is 87.7 Å². The van der Waals surface area contributed by atoms with Gasteiger partial charge in [0.25, 0.3) is 0 Å². The summed E-state index contributed by atoms with van der Waals surface area (Å²) in [6.45, 7) is 8.45. The minimum Gasteiger partial charge on any atom is -0.455 e. The quantitative estimate of drug-likeness (QED) is 0.348. The Hall–Kier alpha value is -3.12. The summed E-state index contributed by atoms with van der Waals surface area (Å²) in [6, 6.07) is 8.05. The lowest BCUT2D eigenvalue weighted by Crippen LogP contribution is -2.81. The maximum Gasteiger partial charge on any atom is 0.338 e. The predicted molar refractivity (Wildman–Crippen MR) is 144 cm³/mol. The lowest BCUT2D eigenvalue weighted by molar-refractivity contribution is -0.345. The molecule has 9 atom stereocenters. The van der Waals surface area contributed by atoms with E-state index in [2.05, 4.69) is 0 Å². The van der Waals surface area contributed by atoms with Crippen molar-refractivity contribution in [3.05, 3.63) is 47.2 Å². The molecule has 4 aliphatic rings. The van der Waals surface area contributed by atoms with Crippen LogP contribution < -0.4 is 0 Å². The van der Waals surface area contributed by atoms with E-state index in [9.17, 15) is 34.5 Å². The van der Waals surface area contributed by atoms with Crippen molar-refractivity contribution < 1.29 is 53.4 Å². The zero-order chi connectivity index (χ0) is 31.0. The zero-order valence-corrected chi connectivity index (χ0v) is 24.6. The van der Waals surface area contributed by atoms with E-state index in [-0.39, 0.29) is 30.6 Å². The lowest BCUT2D eigenvalue weighted by atomic mass is 9.45. The SMILES string of the molecule is CC(=O)OC1=C2C(C)[C@@H](O)C[C@@](O)([C@@H](OC(=O)c3ccccc3)C3[C@]4(OC(C)=O)COC4C[C@H](O)[C@@]3(C)C1=O)C2(C)C. The maximum absolute atomic E-state index is 14.8. The zero-order valence-electron chi connectivity index (χ0n) is 24.6. The standard InChI is InChI=1S/C31H38O11/c1-15-19(34)13-31(38)26(41-27(37)18-10-8-7-9-11-18)24-29(6,20(35)12-21-30(24,14-39-21)42-17(3)33)25(36)23(40-16(2)32)22(15)28(31,4)5/h7-11,15,19-21,24,26,34-35,38H,12-14H2,1-6H3/t15?,19-,20-,21?,24?,26-,29+,30-,31+/m0/s1. The number of hydrogen-bond acceptors (Lipinski definition) is 11. The molecule has 1 aliphatic heterocycles. The number of aliphatic hydroxyl groups excluding tert-OH is 2. The molecule has 3 N–H and O–H groups in total. The molecule has 3 aliphatic carbocycles. The molecule has 11 nitrogen and oxygen atoms in total. The van der Waals surface area contributed by atoms with Crippen LogP contribution in [0.15, 0.2) is 41.7 Å². The topological polar surface area (TPSA) is 166 Å². The van der Waals surface area contributed by atoms with Crippen molar-refractivity contribution in [1.29, 1.82) is 0 Å². The molecule has 3 fully saturated rings. The number of benzene rings is 1. The minimum absolute atomic E-state index is 0.117. The van der Waals surface area contributed by atoms with Gasteiger partial charge < -0.3 is 34.3 Å². The molecule has 3 unspecified atom stereocenters. The Labute approximate surface area is 243 Å². The highest BCUT2D eigenvalue weighted by atomic mass is 16.6. The van der Waals surface area contributed by atoms with E-state index in [0.717, 1.165) is 6.92 Å². The molecule has 0 spiro atoms. The third-order valence-electron chi connectivity index (χ3n) is 10.2. The fourth-order valence-corrected chi connectivity index (χ4v) is 7.89. The maximum atomic E-state index is 14.8. The second kappa shape index (κ2) is 9.97. The van der Waals surface area contributed by atoms with Gasteiger partial charge in [0.1, 0.15) is 17.8 Å². The van der Waals surface area contributed by atoms with Crippen molar-refractivity contribution in [1.82, 2.24) is 0 Å². The third kappa shape index (κ3) is 4.08. The Bertz CT molecular complexity index is 1350. The molecule has 0 radical (unpaired) electrons. The Balaban J connectivity index is 1.86. The molecule has 2 saturated carbocycles. The second-order valence-corrected chi connectivity index (χ2v) is 12.8. The Morgan fingerprint density at radius 1 is 1.02 bits per heavy atom. The van der Waals surface area contributed by atoms with E-state index in [4.69, 9.17) is 18.9 Å². The highest BCUT2D eigenvalue weighted by molar-refractivity contribution is 6.02. The largest absolute Gasteiger partial charge is 0.455 e. The summed E-state index contributed by atoms with van der Waals surface area (Å²) in [5, 5.41) is 35.8. The first-order chi connectivity index (χ1) is 19.5.